The first-order chi connectivity index (χ1) is 5.40. The summed E-state index contributed by atoms with van der Waals surface area (Å²) < 4.78 is 0. The first-order valence-corrected chi connectivity index (χ1v) is 4.83. The summed E-state index contributed by atoms with van der Waals surface area (Å²) in [6, 6.07) is 0.292. The molecule has 1 heteroatoms. The van der Waals surface area contributed by atoms with E-state index in [1.54, 1.807) is 0 Å². The van der Waals surface area contributed by atoms with Crippen LogP contribution >= 0.6 is 0 Å². The Labute approximate surface area is 77.0 Å². The van der Waals surface area contributed by atoms with Gasteiger partial charge in [-0.3, -0.25) is 0 Å². The molecule has 0 aromatic carbocycles. The van der Waals surface area contributed by atoms with Crippen LogP contribution in [-0.4, -0.2) is 6.04 Å². The molecule has 0 rings (SSSR count). The largest absolute Gasteiger partial charge is 0.328 e. The van der Waals surface area contributed by atoms with Gasteiger partial charge in [-0.05, 0) is 32.1 Å². The van der Waals surface area contributed by atoms with Crippen LogP contribution in [0.3, 0.4) is 0 Å². The van der Waals surface area contributed by atoms with Crippen molar-refractivity contribution in [3.8, 4) is 0 Å². The number of rotatable bonds is 4. The minimum absolute atomic E-state index is 0.268. The summed E-state index contributed by atoms with van der Waals surface area (Å²) in [5, 5.41) is 0. The summed E-state index contributed by atoms with van der Waals surface area (Å²) in [5.41, 5.74) is 7.51. The summed E-state index contributed by atoms with van der Waals surface area (Å²) in [6.07, 6.45) is 4.48. The zero-order valence-corrected chi connectivity index (χ0v) is 9.15. The molecular formula is C11H23N. The molecule has 1 nitrogen and oxygen atoms in total. The van der Waals surface area contributed by atoms with Gasteiger partial charge in [-0.15, -0.1) is 0 Å². The monoisotopic (exact) mass is 169 g/mol. The second kappa shape index (κ2) is 4.66. The maximum Gasteiger partial charge on any atom is 0.00186 e. The summed E-state index contributed by atoms with van der Waals surface area (Å²) in [4.78, 5) is 0. The van der Waals surface area contributed by atoms with Crippen LogP contribution in [-0.2, 0) is 0 Å². The zero-order valence-electron chi connectivity index (χ0n) is 9.15. The zero-order chi connectivity index (χ0) is 9.78. The molecule has 12 heavy (non-hydrogen) atoms. The fraction of sp³-hybridized carbons (Fsp3) is 0.818. The van der Waals surface area contributed by atoms with Crippen LogP contribution in [0.4, 0.5) is 0 Å². The lowest BCUT2D eigenvalue weighted by atomic mass is 9.79. The Bertz CT molecular complexity index is 154. The predicted molar refractivity (Wildman–Crippen MR) is 56.1 cm³/mol. The normalized spacial score (nSPS) is 16.3. The van der Waals surface area contributed by atoms with E-state index in [-0.39, 0.29) is 5.41 Å². The Kier molecular flexibility index (Phi) is 4.54. The van der Waals surface area contributed by atoms with Crippen molar-refractivity contribution in [3.63, 3.8) is 0 Å². The lowest BCUT2D eigenvalue weighted by Crippen LogP contribution is -2.25. The van der Waals surface area contributed by atoms with Gasteiger partial charge in [0.05, 0.1) is 0 Å². The Hall–Kier alpha value is -0.300. The van der Waals surface area contributed by atoms with Crippen LogP contribution in [0.5, 0.6) is 0 Å². The van der Waals surface area contributed by atoms with E-state index in [1.807, 2.05) is 0 Å². The highest BCUT2D eigenvalue weighted by atomic mass is 14.6. The van der Waals surface area contributed by atoms with Gasteiger partial charge < -0.3 is 5.73 Å². The van der Waals surface area contributed by atoms with Crippen molar-refractivity contribution in [1.82, 2.24) is 0 Å². The van der Waals surface area contributed by atoms with E-state index in [9.17, 15) is 0 Å². The van der Waals surface area contributed by atoms with E-state index < -0.39 is 0 Å². The van der Waals surface area contributed by atoms with Gasteiger partial charge in [-0.25, -0.2) is 0 Å². The molecule has 0 aliphatic carbocycles. The second-order valence-corrected chi connectivity index (χ2v) is 4.36. The first-order valence-electron chi connectivity index (χ1n) is 4.83. The maximum atomic E-state index is 5.79. The lowest BCUT2D eigenvalue weighted by Gasteiger charge is -2.27. The highest BCUT2D eigenvalue weighted by Gasteiger charge is 2.20. The molecule has 0 saturated carbocycles. The molecule has 0 amide bonds. The van der Waals surface area contributed by atoms with Crippen molar-refractivity contribution in [3.05, 3.63) is 11.6 Å². The topological polar surface area (TPSA) is 26.0 Å². The van der Waals surface area contributed by atoms with Crippen LogP contribution in [0, 0.1) is 5.41 Å². The van der Waals surface area contributed by atoms with Crippen molar-refractivity contribution < 1.29 is 0 Å². The molecule has 0 aliphatic heterocycles. The highest BCUT2D eigenvalue weighted by Crippen LogP contribution is 2.30. The molecule has 1 atom stereocenters. The third kappa shape index (κ3) is 3.91. The first kappa shape index (κ1) is 11.7. The van der Waals surface area contributed by atoms with E-state index in [0.29, 0.717) is 6.04 Å². The average molecular weight is 169 g/mol. The molecule has 0 heterocycles. The van der Waals surface area contributed by atoms with Gasteiger partial charge in [0.1, 0.15) is 0 Å². The third-order valence-electron chi connectivity index (χ3n) is 2.41. The SMILES string of the molecule is CC/C=C(/C)C(C)(C)C[C@@H](C)N. The van der Waals surface area contributed by atoms with Gasteiger partial charge in [0.15, 0.2) is 0 Å². The van der Waals surface area contributed by atoms with Crippen LogP contribution in [0.15, 0.2) is 11.6 Å². The third-order valence-corrected chi connectivity index (χ3v) is 2.41. The predicted octanol–water partition coefficient (Wildman–Crippen LogP) is 3.11. The molecule has 0 aromatic rings. The maximum absolute atomic E-state index is 5.79. The van der Waals surface area contributed by atoms with Gasteiger partial charge in [0, 0.05) is 6.04 Å². The van der Waals surface area contributed by atoms with Gasteiger partial charge in [-0.1, -0.05) is 32.4 Å². The molecule has 0 bridgehead atoms. The van der Waals surface area contributed by atoms with E-state index in [0.717, 1.165) is 12.8 Å². The molecule has 0 aliphatic rings. The smallest absolute Gasteiger partial charge is 0.00186 e. The Morgan fingerprint density at radius 3 is 2.33 bits per heavy atom. The molecule has 0 aromatic heterocycles. The number of allylic oxidation sites excluding steroid dienone is 2. The Balaban J connectivity index is 4.28. The number of nitrogens with two attached hydrogens (primary N) is 1. The van der Waals surface area contributed by atoms with E-state index in [4.69, 9.17) is 5.73 Å². The van der Waals surface area contributed by atoms with Gasteiger partial charge in [-0.2, -0.15) is 0 Å². The van der Waals surface area contributed by atoms with Crippen LogP contribution in [0.1, 0.15) is 47.5 Å². The van der Waals surface area contributed by atoms with Crippen LogP contribution in [0.2, 0.25) is 0 Å². The van der Waals surface area contributed by atoms with Crippen molar-refractivity contribution in [1.29, 1.82) is 0 Å². The van der Waals surface area contributed by atoms with Crippen LogP contribution < -0.4 is 5.73 Å². The number of hydrogen-bond donors (Lipinski definition) is 1. The quantitative estimate of drug-likeness (QED) is 0.643. The molecule has 0 spiro atoms. The minimum atomic E-state index is 0.268. The van der Waals surface area contributed by atoms with Gasteiger partial charge >= 0.3 is 0 Å². The van der Waals surface area contributed by atoms with Crippen LogP contribution in [0.25, 0.3) is 0 Å². The van der Waals surface area contributed by atoms with Gasteiger partial charge in [0.2, 0.25) is 0 Å². The Morgan fingerprint density at radius 2 is 2.00 bits per heavy atom. The van der Waals surface area contributed by atoms with Crippen molar-refractivity contribution >= 4 is 0 Å². The molecule has 0 unspecified atom stereocenters. The molecular weight excluding hydrogens is 146 g/mol. The van der Waals surface area contributed by atoms with Crippen molar-refractivity contribution in [2.75, 3.05) is 0 Å². The standard InChI is InChI=1S/C11H23N/c1-6-7-9(2)11(4,5)8-10(3)12/h7,10H,6,8,12H2,1-5H3/b9-7-/t10-/m1/s1. The van der Waals surface area contributed by atoms with E-state index in [2.05, 4.69) is 40.7 Å². The number of hydrogen-bond acceptors (Lipinski definition) is 1. The van der Waals surface area contributed by atoms with Crippen molar-refractivity contribution in [2.24, 2.45) is 11.1 Å². The second-order valence-electron chi connectivity index (χ2n) is 4.36. The summed E-state index contributed by atoms with van der Waals surface area (Å²) in [6.45, 7) is 11.0. The minimum Gasteiger partial charge on any atom is -0.328 e. The molecule has 0 radical (unpaired) electrons. The van der Waals surface area contributed by atoms with E-state index in [1.165, 1.54) is 5.57 Å². The fourth-order valence-electron chi connectivity index (χ4n) is 1.55. The van der Waals surface area contributed by atoms with Crippen molar-refractivity contribution in [2.45, 2.75) is 53.5 Å². The Morgan fingerprint density at radius 1 is 1.50 bits per heavy atom. The molecule has 2 N–H and O–H groups in total. The summed E-state index contributed by atoms with van der Waals surface area (Å²) in [7, 11) is 0. The summed E-state index contributed by atoms with van der Waals surface area (Å²) >= 11 is 0. The summed E-state index contributed by atoms with van der Waals surface area (Å²) in [5.74, 6) is 0. The molecule has 72 valence electrons. The molecule has 0 fully saturated rings. The fourth-order valence-corrected chi connectivity index (χ4v) is 1.55. The van der Waals surface area contributed by atoms with E-state index >= 15 is 0 Å². The highest BCUT2D eigenvalue weighted by molar-refractivity contribution is 5.09. The lowest BCUT2D eigenvalue weighted by molar-refractivity contribution is 0.374. The average Bonchev–Trinajstić information content (AvgIpc) is 1.85. The van der Waals surface area contributed by atoms with Gasteiger partial charge in [0.25, 0.3) is 0 Å². The molecule has 0 saturated heterocycles.